The zero-order chi connectivity index (χ0) is 18.0. The van der Waals surface area contributed by atoms with Crippen molar-refractivity contribution in [3.05, 3.63) is 0 Å². The Kier molecular flexibility index (Phi) is 16.0. The fraction of sp³-hybridized carbons (Fsp3) is 0.895. The largest absolute Gasteiger partial charge is 0.481 e. The van der Waals surface area contributed by atoms with Crippen LogP contribution in [0.15, 0.2) is 0 Å². The third-order valence-corrected chi connectivity index (χ3v) is 4.20. The van der Waals surface area contributed by atoms with Gasteiger partial charge in [0, 0.05) is 6.61 Å². The molecule has 1 atom stereocenters. The van der Waals surface area contributed by atoms with E-state index in [1.807, 2.05) is 0 Å². The molecule has 0 spiro atoms. The molecule has 2 N–H and O–H groups in total. The summed E-state index contributed by atoms with van der Waals surface area (Å²) in [6.45, 7) is 2.56. The van der Waals surface area contributed by atoms with Crippen LogP contribution in [0, 0.1) is 0 Å². The molecule has 0 aromatic heterocycles. The van der Waals surface area contributed by atoms with Crippen molar-refractivity contribution in [3.8, 4) is 0 Å². The summed E-state index contributed by atoms with van der Waals surface area (Å²) < 4.78 is 5.13. The van der Waals surface area contributed by atoms with Crippen molar-refractivity contribution >= 4 is 11.9 Å². The molecule has 0 aromatic carbocycles. The van der Waals surface area contributed by atoms with Gasteiger partial charge in [-0.05, 0) is 6.42 Å². The summed E-state index contributed by atoms with van der Waals surface area (Å²) in [5.74, 6) is -2.35. The van der Waals surface area contributed by atoms with Crippen molar-refractivity contribution in [1.82, 2.24) is 0 Å². The number of carboxylic acids is 2. The molecule has 0 aromatic rings. The number of ether oxygens (including phenoxy) is 1. The highest BCUT2D eigenvalue weighted by Gasteiger charge is 2.21. The smallest absolute Gasteiger partial charge is 0.333 e. The highest BCUT2D eigenvalue weighted by molar-refractivity contribution is 5.79. The van der Waals surface area contributed by atoms with E-state index < -0.39 is 24.5 Å². The number of aliphatic carboxylic acids is 2. The topological polar surface area (TPSA) is 83.8 Å². The molecule has 0 aliphatic carbocycles. The summed E-state index contributed by atoms with van der Waals surface area (Å²) in [4.78, 5) is 21.3. The van der Waals surface area contributed by atoms with Gasteiger partial charge >= 0.3 is 11.9 Å². The monoisotopic (exact) mass is 344 g/mol. The molecule has 1 unspecified atom stereocenters. The van der Waals surface area contributed by atoms with Gasteiger partial charge in [-0.15, -0.1) is 0 Å². The van der Waals surface area contributed by atoms with E-state index in [4.69, 9.17) is 14.9 Å². The average Bonchev–Trinajstić information content (AvgIpc) is 2.53. The molecule has 5 nitrogen and oxygen atoms in total. The summed E-state index contributed by atoms with van der Waals surface area (Å²) in [6, 6.07) is 0. The molecule has 0 saturated carbocycles. The fourth-order valence-electron chi connectivity index (χ4n) is 2.72. The number of rotatable bonds is 18. The van der Waals surface area contributed by atoms with Crippen molar-refractivity contribution in [3.63, 3.8) is 0 Å². The van der Waals surface area contributed by atoms with Crippen LogP contribution in [0.25, 0.3) is 0 Å². The number of carbonyl (C=O) groups is 2. The maximum Gasteiger partial charge on any atom is 0.333 e. The van der Waals surface area contributed by atoms with Gasteiger partial charge in [0.1, 0.15) is 0 Å². The van der Waals surface area contributed by atoms with E-state index in [-0.39, 0.29) is 0 Å². The van der Waals surface area contributed by atoms with E-state index in [1.54, 1.807) is 0 Å². The van der Waals surface area contributed by atoms with Crippen molar-refractivity contribution in [1.29, 1.82) is 0 Å². The SMILES string of the molecule is CCCCCCCCCCCCCCCOC(CC(=O)O)C(=O)O. The Hall–Kier alpha value is -1.10. The minimum Gasteiger partial charge on any atom is -0.481 e. The zero-order valence-electron chi connectivity index (χ0n) is 15.3. The number of hydrogen-bond acceptors (Lipinski definition) is 3. The number of unbranched alkanes of at least 4 members (excludes halogenated alkanes) is 12. The van der Waals surface area contributed by atoms with Crippen molar-refractivity contribution in [2.24, 2.45) is 0 Å². The van der Waals surface area contributed by atoms with Crippen LogP contribution in [0.5, 0.6) is 0 Å². The van der Waals surface area contributed by atoms with Gasteiger partial charge < -0.3 is 14.9 Å². The Morgan fingerprint density at radius 1 is 0.750 bits per heavy atom. The van der Waals surface area contributed by atoms with Crippen molar-refractivity contribution in [2.75, 3.05) is 6.61 Å². The molecule has 142 valence electrons. The van der Waals surface area contributed by atoms with Crippen LogP contribution in [0.4, 0.5) is 0 Å². The number of carboxylic acid groups (broad SMARTS) is 2. The molecule has 0 aliphatic heterocycles. The molecular weight excluding hydrogens is 308 g/mol. The van der Waals surface area contributed by atoms with E-state index in [0.717, 1.165) is 19.3 Å². The lowest BCUT2D eigenvalue weighted by atomic mass is 10.0. The third kappa shape index (κ3) is 15.8. The molecule has 5 heteroatoms. The average molecular weight is 344 g/mol. The van der Waals surface area contributed by atoms with Crippen LogP contribution in [0.2, 0.25) is 0 Å². The molecule has 0 amide bonds. The normalized spacial score (nSPS) is 12.2. The molecule has 0 aliphatic rings. The van der Waals surface area contributed by atoms with Crippen LogP contribution in [0.3, 0.4) is 0 Å². The summed E-state index contributed by atoms with van der Waals surface area (Å²) in [6.07, 6.45) is 14.5. The Morgan fingerprint density at radius 2 is 1.17 bits per heavy atom. The quantitative estimate of drug-likeness (QED) is 0.341. The standard InChI is InChI=1S/C19H36O5/c1-2-3-4-5-6-7-8-9-10-11-12-13-14-15-24-17(19(22)23)16-18(20)21/h17H,2-16H2,1H3,(H,20,21)(H,22,23). The minimum absolute atomic E-state index is 0.321. The summed E-state index contributed by atoms with van der Waals surface area (Å²) in [5.41, 5.74) is 0. The van der Waals surface area contributed by atoms with E-state index in [1.165, 1.54) is 64.2 Å². The van der Waals surface area contributed by atoms with Crippen LogP contribution in [-0.2, 0) is 14.3 Å². The second-order valence-corrected chi connectivity index (χ2v) is 6.54. The van der Waals surface area contributed by atoms with Gasteiger partial charge in [0.2, 0.25) is 0 Å². The zero-order valence-corrected chi connectivity index (χ0v) is 15.3. The molecular formula is C19H36O5. The first-order valence-electron chi connectivity index (χ1n) is 9.64. The summed E-state index contributed by atoms with van der Waals surface area (Å²) in [7, 11) is 0. The lowest BCUT2D eigenvalue weighted by Crippen LogP contribution is -2.27. The van der Waals surface area contributed by atoms with Gasteiger partial charge in [0.05, 0.1) is 6.42 Å². The molecule has 0 bridgehead atoms. The van der Waals surface area contributed by atoms with E-state index in [2.05, 4.69) is 6.92 Å². The Balaban J connectivity index is 3.30. The van der Waals surface area contributed by atoms with Gasteiger partial charge in [-0.25, -0.2) is 4.79 Å². The Labute approximate surface area is 146 Å². The van der Waals surface area contributed by atoms with E-state index in [0.29, 0.717) is 6.61 Å². The van der Waals surface area contributed by atoms with Crippen LogP contribution >= 0.6 is 0 Å². The molecule has 0 heterocycles. The van der Waals surface area contributed by atoms with E-state index in [9.17, 15) is 9.59 Å². The second-order valence-electron chi connectivity index (χ2n) is 6.54. The van der Waals surface area contributed by atoms with Crippen LogP contribution in [0.1, 0.15) is 96.8 Å². The Morgan fingerprint density at radius 3 is 1.54 bits per heavy atom. The highest BCUT2D eigenvalue weighted by atomic mass is 16.5. The molecule has 0 saturated heterocycles. The predicted octanol–water partition coefficient (Wildman–Crippen LogP) is 5.02. The van der Waals surface area contributed by atoms with Crippen LogP contribution in [-0.4, -0.2) is 34.9 Å². The van der Waals surface area contributed by atoms with Crippen LogP contribution < -0.4 is 0 Å². The summed E-state index contributed by atoms with van der Waals surface area (Å²) >= 11 is 0. The van der Waals surface area contributed by atoms with Gasteiger partial charge in [-0.1, -0.05) is 84.0 Å². The van der Waals surface area contributed by atoms with Gasteiger partial charge in [0.15, 0.2) is 6.10 Å². The van der Waals surface area contributed by atoms with E-state index >= 15 is 0 Å². The van der Waals surface area contributed by atoms with Crippen molar-refractivity contribution in [2.45, 2.75) is 103 Å². The second kappa shape index (κ2) is 16.7. The summed E-state index contributed by atoms with van der Waals surface area (Å²) in [5, 5.41) is 17.4. The molecule has 0 fully saturated rings. The van der Waals surface area contributed by atoms with Crippen molar-refractivity contribution < 1.29 is 24.5 Å². The molecule has 24 heavy (non-hydrogen) atoms. The first-order valence-corrected chi connectivity index (χ1v) is 9.64. The number of hydrogen-bond donors (Lipinski definition) is 2. The lowest BCUT2D eigenvalue weighted by molar-refractivity contribution is -0.156. The van der Waals surface area contributed by atoms with Gasteiger partial charge in [0.25, 0.3) is 0 Å². The lowest BCUT2D eigenvalue weighted by Gasteiger charge is -2.11. The van der Waals surface area contributed by atoms with Gasteiger partial charge in [-0.2, -0.15) is 0 Å². The van der Waals surface area contributed by atoms with Gasteiger partial charge in [-0.3, -0.25) is 4.79 Å². The maximum absolute atomic E-state index is 10.8. The maximum atomic E-state index is 10.8. The molecule has 0 radical (unpaired) electrons. The molecule has 0 rings (SSSR count). The highest BCUT2D eigenvalue weighted by Crippen LogP contribution is 2.12. The Bertz CT molecular complexity index is 317. The minimum atomic E-state index is -1.22. The predicted molar refractivity (Wildman–Crippen MR) is 95.3 cm³/mol. The fourth-order valence-corrected chi connectivity index (χ4v) is 2.72. The first-order chi connectivity index (χ1) is 11.6. The first kappa shape index (κ1) is 22.9. The third-order valence-electron chi connectivity index (χ3n) is 4.20.